The molecular weight excluding hydrogens is 186 g/mol. The summed E-state index contributed by atoms with van der Waals surface area (Å²) < 4.78 is 0. The SMILES string of the molecule is CC(CCCCc1ccccc1)NC=O. The van der Waals surface area contributed by atoms with Gasteiger partial charge in [-0.2, -0.15) is 0 Å². The lowest BCUT2D eigenvalue weighted by atomic mass is 10.1. The third-order valence-electron chi connectivity index (χ3n) is 2.55. The van der Waals surface area contributed by atoms with Gasteiger partial charge in [0.1, 0.15) is 0 Å². The number of carbonyl (C=O) groups is 1. The third kappa shape index (κ3) is 5.21. The monoisotopic (exact) mass is 205 g/mol. The van der Waals surface area contributed by atoms with Gasteiger partial charge >= 0.3 is 0 Å². The van der Waals surface area contributed by atoms with Crippen LogP contribution in [-0.4, -0.2) is 12.5 Å². The molecule has 0 saturated carbocycles. The number of nitrogens with one attached hydrogen (secondary N) is 1. The zero-order chi connectivity index (χ0) is 10.9. The molecule has 1 unspecified atom stereocenters. The van der Waals surface area contributed by atoms with E-state index in [1.54, 1.807) is 0 Å². The number of amides is 1. The van der Waals surface area contributed by atoms with Gasteiger partial charge in [-0.1, -0.05) is 36.8 Å². The van der Waals surface area contributed by atoms with E-state index in [1.165, 1.54) is 12.0 Å². The minimum absolute atomic E-state index is 0.304. The lowest BCUT2D eigenvalue weighted by Gasteiger charge is -2.09. The lowest BCUT2D eigenvalue weighted by Crippen LogP contribution is -2.23. The number of hydrogen-bond acceptors (Lipinski definition) is 1. The summed E-state index contributed by atoms with van der Waals surface area (Å²) in [4.78, 5) is 10.2. The Morgan fingerprint density at radius 3 is 2.67 bits per heavy atom. The maximum Gasteiger partial charge on any atom is 0.207 e. The molecule has 0 aliphatic rings. The molecule has 0 saturated heterocycles. The molecule has 0 aromatic heterocycles. The molecule has 0 fully saturated rings. The van der Waals surface area contributed by atoms with E-state index in [9.17, 15) is 4.79 Å². The average molecular weight is 205 g/mol. The lowest BCUT2D eigenvalue weighted by molar-refractivity contribution is -0.110. The number of hydrogen-bond donors (Lipinski definition) is 1. The van der Waals surface area contributed by atoms with Gasteiger partial charge in [0.05, 0.1) is 0 Å². The Morgan fingerprint density at radius 1 is 1.27 bits per heavy atom. The fourth-order valence-corrected chi connectivity index (χ4v) is 1.62. The van der Waals surface area contributed by atoms with Crippen LogP contribution in [0.4, 0.5) is 0 Å². The number of unbranched alkanes of at least 4 members (excludes halogenated alkanes) is 1. The smallest absolute Gasteiger partial charge is 0.207 e. The molecule has 0 bridgehead atoms. The molecule has 0 radical (unpaired) electrons. The highest BCUT2D eigenvalue weighted by molar-refractivity contribution is 5.46. The molecule has 1 N–H and O–H groups in total. The fourth-order valence-electron chi connectivity index (χ4n) is 1.62. The molecule has 0 spiro atoms. The van der Waals surface area contributed by atoms with Gasteiger partial charge in [-0.05, 0) is 31.7 Å². The van der Waals surface area contributed by atoms with Crippen molar-refractivity contribution < 1.29 is 4.79 Å². The summed E-state index contributed by atoms with van der Waals surface area (Å²) in [5, 5.41) is 2.76. The van der Waals surface area contributed by atoms with Gasteiger partial charge in [0.2, 0.25) is 6.41 Å². The summed E-state index contributed by atoms with van der Waals surface area (Å²) in [7, 11) is 0. The highest BCUT2D eigenvalue weighted by atomic mass is 16.1. The summed E-state index contributed by atoms with van der Waals surface area (Å²) in [6.07, 6.45) is 5.33. The van der Waals surface area contributed by atoms with Crippen LogP contribution in [0.15, 0.2) is 30.3 Å². The maximum atomic E-state index is 10.2. The van der Waals surface area contributed by atoms with E-state index < -0.39 is 0 Å². The van der Waals surface area contributed by atoms with Crippen molar-refractivity contribution >= 4 is 6.41 Å². The average Bonchev–Trinajstić information content (AvgIpc) is 2.26. The Bertz CT molecular complexity index is 271. The van der Waals surface area contributed by atoms with Crippen molar-refractivity contribution in [3.8, 4) is 0 Å². The Hall–Kier alpha value is -1.31. The van der Waals surface area contributed by atoms with Crippen LogP contribution in [0.2, 0.25) is 0 Å². The van der Waals surface area contributed by atoms with Crippen LogP contribution in [0, 0.1) is 0 Å². The van der Waals surface area contributed by atoms with Crippen molar-refractivity contribution in [2.45, 2.75) is 38.6 Å². The van der Waals surface area contributed by atoms with Gasteiger partial charge in [-0.25, -0.2) is 0 Å². The second-order valence-corrected chi connectivity index (χ2v) is 3.92. The second kappa shape index (κ2) is 7.04. The molecule has 1 rings (SSSR count). The molecule has 1 atom stereocenters. The molecule has 0 heterocycles. The minimum atomic E-state index is 0.304. The molecule has 1 amide bonds. The normalized spacial score (nSPS) is 12.1. The highest BCUT2D eigenvalue weighted by Gasteiger charge is 1.99. The maximum absolute atomic E-state index is 10.2. The van der Waals surface area contributed by atoms with Gasteiger partial charge in [-0.3, -0.25) is 4.79 Å². The van der Waals surface area contributed by atoms with Crippen molar-refractivity contribution in [2.24, 2.45) is 0 Å². The minimum Gasteiger partial charge on any atom is -0.356 e. The van der Waals surface area contributed by atoms with Crippen LogP contribution < -0.4 is 5.32 Å². The van der Waals surface area contributed by atoms with Crippen molar-refractivity contribution in [1.82, 2.24) is 5.32 Å². The largest absolute Gasteiger partial charge is 0.356 e. The first-order valence-electron chi connectivity index (χ1n) is 5.56. The van der Waals surface area contributed by atoms with E-state index in [-0.39, 0.29) is 0 Å². The van der Waals surface area contributed by atoms with E-state index in [1.807, 2.05) is 13.0 Å². The third-order valence-corrected chi connectivity index (χ3v) is 2.55. The molecule has 0 aliphatic heterocycles. The molecule has 0 aliphatic carbocycles. The number of rotatable bonds is 7. The van der Waals surface area contributed by atoms with E-state index in [0.717, 1.165) is 25.7 Å². The van der Waals surface area contributed by atoms with Gasteiger partial charge in [0.15, 0.2) is 0 Å². The zero-order valence-electron chi connectivity index (χ0n) is 9.28. The molecule has 1 aromatic rings. The van der Waals surface area contributed by atoms with Gasteiger partial charge < -0.3 is 5.32 Å². The van der Waals surface area contributed by atoms with Crippen LogP contribution in [0.1, 0.15) is 31.7 Å². The number of benzene rings is 1. The van der Waals surface area contributed by atoms with Crippen LogP contribution in [0.25, 0.3) is 0 Å². The van der Waals surface area contributed by atoms with E-state index in [2.05, 4.69) is 29.6 Å². The van der Waals surface area contributed by atoms with E-state index in [0.29, 0.717) is 6.04 Å². The summed E-state index contributed by atoms with van der Waals surface area (Å²) in [6, 6.07) is 10.8. The van der Waals surface area contributed by atoms with Gasteiger partial charge in [0, 0.05) is 6.04 Å². The first-order chi connectivity index (χ1) is 7.33. The zero-order valence-corrected chi connectivity index (χ0v) is 9.28. The first kappa shape index (κ1) is 11.8. The molecule has 2 nitrogen and oxygen atoms in total. The quantitative estimate of drug-likeness (QED) is 0.538. The topological polar surface area (TPSA) is 29.1 Å². The van der Waals surface area contributed by atoms with Crippen LogP contribution in [0.5, 0.6) is 0 Å². The fraction of sp³-hybridized carbons (Fsp3) is 0.462. The summed E-state index contributed by atoms with van der Waals surface area (Å²) in [5.41, 5.74) is 1.40. The van der Waals surface area contributed by atoms with Crippen LogP contribution >= 0.6 is 0 Å². The van der Waals surface area contributed by atoms with Crippen LogP contribution in [0.3, 0.4) is 0 Å². The summed E-state index contributed by atoms with van der Waals surface area (Å²) in [6.45, 7) is 2.04. The summed E-state index contributed by atoms with van der Waals surface area (Å²) in [5.74, 6) is 0. The number of carbonyl (C=O) groups excluding carboxylic acids is 1. The predicted octanol–water partition coefficient (Wildman–Crippen LogP) is 2.53. The van der Waals surface area contributed by atoms with E-state index >= 15 is 0 Å². The van der Waals surface area contributed by atoms with Crippen molar-refractivity contribution in [2.75, 3.05) is 0 Å². The Balaban J connectivity index is 2.09. The van der Waals surface area contributed by atoms with Gasteiger partial charge in [0.25, 0.3) is 0 Å². The van der Waals surface area contributed by atoms with Crippen molar-refractivity contribution in [1.29, 1.82) is 0 Å². The first-order valence-corrected chi connectivity index (χ1v) is 5.56. The Morgan fingerprint density at radius 2 is 2.00 bits per heavy atom. The highest BCUT2D eigenvalue weighted by Crippen LogP contribution is 2.07. The molecule has 15 heavy (non-hydrogen) atoms. The molecular formula is C13H19NO. The molecule has 1 aromatic carbocycles. The summed E-state index contributed by atoms with van der Waals surface area (Å²) >= 11 is 0. The van der Waals surface area contributed by atoms with E-state index in [4.69, 9.17) is 0 Å². The standard InChI is InChI=1S/C13H19NO/c1-12(14-11-15)7-5-6-10-13-8-3-2-4-9-13/h2-4,8-9,11-12H,5-7,10H2,1H3,(H,14,15). The molecule has 82 valence electrons. The van der Waals surface area contributed by atoms with Gasteiger partial charge in [-0.15, -0.1) is 0 Å². The predicted molar refractivity (Wildman–Crippen MR) is 62.7 cm³/mol. The van der Waals surface area contributed by atoms with Crippen molar-refractivity contribution in [3.05, 3.63) is 35.9 Å². The number of aryl methyl sites for hydroxylation is 1. The molecule has 2 heteroatoms. The second-order valence-electron chi connectivity index (χ2n) is 3.92. The van der Waals surface area contributed by atoms with Crippen molar-refractivity contribution in [3.63, 3.8) is 0 Å². The Labute approximate surface area is 91.7 Å². The van der Waals surface area contributed by atoms with Crippen LogP contribution in [-0.2, 0) is 11.2 Å². The Kier molecular flexibility index (Phi) is 5.52.